The molecule has 0 N–H and O–H groups in total. The van der Waals surface area contributed by atoms with Crippen molar-refractivity contribution in [2.75, 3.05) is 0 Å². The lowest BCUT2D eigenvalue weighted by molar-refractivity contribution is -0.184. The third kappa shape index (κ3) is 2.25. The summed E-state index contributed by atoms with van der Waals surface area (Å²) in [4.78, 5) is 11.1. The van der Waals surface area contributed by atoms with E-state index >= 15 is 0 Å². The molecule has 82 valence electrons. The van der Waals surface area contributed by atoms with Crippen molar-refractivity contribution in [2.24, 2.45) is 5.92 Å². The summed E-state index contributed by atoms with van der Waals surface area (Å²) >= 11 is 0. The van der Waals surface area contributed by atoms with Gasteiger partial charge in [0.2, 0.25) is 0 Å². The average molecular weight is 214 g/mol. The largest absolute Gasteiger partial charge is 0.461 e. The molecule has 2 atom stereocenters. The molecule has 0 aliphatic carbocycles. The van der Waals surface area contributed by atoms with E-state index < -0.39 is 0 Å². The Kier molecular flexibility index (Phi) is 3.26. The van der Waals surface area contributed by atoms with Crippen LogP contribution in [0.4, 0.5) is 0 Å². The van der Waals surface area contributed by atoms with Crippen LogP contribution in [0, 0.1) is 18.3 Å². The molecule has 0 unspecified atom stereocenters. The first-order valence-corrected chi connectivity index (χ1v) is 5.49. The maximum Gasteiger partial charge on any atom is 0.313 e. The SMILES string of the molecule is C#CC[C@H]1C(=O)O[C@@H]1CCc1ccccc1. The van der Waals surface area contributed by atoms with Crippen LogP contribution in [0.1, 0.15) is 18.4 Å². The first-order valence-electron chi connectivity index (χ1n) is 5.49. The van der Waals surface area contributed by atoms with E-state index in [1.54, 1.807) is 0 Å². The number of benzene rings is 1. The van der Waals surface area contributed by atoms with Crippen molar-refractivity contribution in [3.05, 3.63) is 35.9 Å². The van der Waals surface area contributed by atoms with Gasteiger partial charge in [-0.3, -0.25) is 4.79 Å². The Balaban J connectivity index is 1.83. The molecule has 1 aromatic carbocycles. The second-order valence-electron chi connectivity index (χ2n) is 4.01. The molecule has 0 amide bonds. The number of cyclic esters (lactones) is 1. The minimum atomic E-state index is -0.143. The molecule has 0 spiro atoms. The Bertz CT molecular complexity index is 402. The van der Waals surface area contributed by atoms with Gasteiger partial charge in [0.1, 0.15) is 12.0 Å². The van der Waals surface area contributed by atoms with Gasteiger partial charge in [-0.15, -0.1) is 12.3 Å². The second-order valence-corrected chi connectivity index (χ2v) is 4.01. The molecule has 1 heterocycles. The minimum absolute atomic E-state index is 0.0174. The van der Waals surface area contributed by atoms with Crippen LogP contribution in [0.25, 0.3) is 0 Å². The van der Waals surface area contributed by atoms with Gasteiger partial charge in [-0.2, -0.15) is 0 Å². The van der Waals surface area contributed by atoms with E-state index in [-0.39, 0.29) is 18.0 Å². The van der Waals surface area contributed by atoms with Crippen molar-refractivity contribution in [3.63, 3.8) is 0 Å². The van der Waals surface area contributed by atoms with Crippen LogP contribution in [-0.4, -0.2) is 12.1 Å². The van der Waals surface area contributed by atoms with E-state index in [0.29, 0.717) is 6.42 Å². The van der Waals surface area contributed by atoms with Gasteiger partial charge in [-0.1, -0.05) is 30.3 Å². The molecule has 1 aliphatic heterocycles. The number of hydrogen-bond acceptors (Lipinski definition) is 2. The first-order chi connectivity index (χ1) is 7.81. The van der Waals surface area contributed by atoms with E-state index in [9.17, 15) is 4.79 Å². The number of terminal acetylenes is 1. The van der Waals surface area contributed by atoms with Crippen molar-refractivity contribution in [3.8, 4) is 12.3 Å². The number of esters is 1. The molecule has 0 radical (unpaired) electrons. The third-order valence-corrected chi connectivity index (χ3v) is 2.92. The summed E-state index contributed by atoms with van der Waals surface area (Å²) in [6.07, 6.45) is 7.52. The van der Waals surface area contributed by atoms with Gasteiger partial charge >= 0.3 is 5.97 Å². The molecule has 2 heteroatoms. The second kappa shape index (κ2) is 4.85. The molecule has 1 saturated heterocycles. The van der Waals surface area contributed by atoms with Gasteiger partial charge in [0.15, 0.2) is 0 Å². The normalized spacial score (nSPS) is 23.1. The third-order valence-electron chi connectivity index (χ3n) is 2.92. The number of aryl methyl sites for hydroxylation is 1. The fourth-order valence-corrected chi connectivity index (χ4v) is 1.95. The molecule has 0 bridgehead atoms. The van der Waals surface area contributed by atoms with E-state index in [2.05, 4.69) is 18.1 Å². The summed E-state index contributed by atoms with van der Waals surface area (Å²) in [7, 11) is 0. The van der Waals surface area contributed by atoms with Crippen molar-refractivity contribution in [1.82, 2.24) is 0 Å². The molecule has 16 heavy (non-hydrogen) atoms. The van der Waals surface area contributed by atoms with Gasteiger partial charge in [-0.25, -0.2) is 0 Å². The monoisotopic (exact) mass is 214 g/mol. The Morgan fingerprint density at radius 2 is 2.06 bits per heavy atom. The highest BCUT2D eigenvalue weighted by Crippen LogP contribution is 2.28. The average Bonchev–Trinajstić information content (AvgIpc) is 2.32. The van der Waals surface area contributed by atoms with E-state index in [4.69, 9.17) is 11.2 Å². The van der Waals surface area contributed by atoms with Crippen LogP contribution in [0.15, 0.2) is 30.3 Å². The molecule has 1 aromatic rings. The highest BCUT2D eigenvalue weighted by atomic mass is 16.6. The fourth-order valence-electron chi connectivity index (χ4n) is 1.95. The zero-order valence-electron chi connectivity index (χ0n) is 9.06. The summed E-state index contributed by atoms with van der Waals surface area (Å²) in [5.74, 6) is 2.31. The van der Waals surface area contributed by atoms with Gasteiger partial charge in [0.25, 0.3) is 0 Å². The summed E-state index contributed by atoms with van der Waals surface area (Å²) in [5.41, 5.74) is 1.27. The van der Waals surface area contributed by atoms with Crippen molar-refractivity contribution < 1.29 is 9.53 Å². The van der Waals surface area contributed by atoms with Crippen molar-refractivity contribution >= 4 is 5.97 Å². The van der Waals surface area contributed by atoms with Gasteiger partial charge < -0.3 is 4.74 Å². The highest BCUT2D eigenvalue weighted by molar-refractivity contribution is 5.78. The predicted molar refractivity (Wildman–Crippen MR) is 61.6 cm³/mol. The number of carbonyl (C=O) groups is 1. The molecule has 0 aromatic heterocycles. The summed E-state index contributed by atoms with van der Waals surface area (Å²) in [5, 5.41) is 0. The van der Waals surface area contributed by atoms with E-state index in [0.717, 1.165) is 12.8 Å². The maximum atomic E-state index is 11.1. The molecule has 2 rings (SSSR count). The molecule has 1 fully saturated rings. The van der Waals surface area contributed by atoms with E-state index in [1.165, 1.54) is 5.56 Å². The maximum absolute atomic E-state index is 11.1. The Labute approximate surface area is 95.6 Å². The van der Waals surface area contributed by atoms with Crippen LogP contribution >= 0.6 is 0 Å². The zero-order valence-corrected chi connectivity index (χ0v) is 9.06. The lowest BCUT2D eigenvalue weighted by atomic mass is 9.89. The summed E-state index contributed by atoms with van der Waals surface area (Å²) in [6.45, 7) is 0. The molecule has 0 saturated carbocycles. The van der Waals surface area contributed by atoms with E-state index in [1.807, 2.05) is 18.2 Å². The Hall–Kier alpha value is -1.75. The first kappa shape index (κ1) is 10.8. The standard InChI is InChI=1S/C14H14O2/c1-2-6-12-13(16-14(12)15)10-9-11-7-4-3-5-8-11/h1,3-5,7-8,12-13H,6,9-10H2/t12-,13-/m1/s1. The number of carbonyl (C=O) groups excluding carboxylic acids is 1. The number of hydrogen-bond donors (Lipinski definition) is 0. The zero-order chi connectivity index (χ0) is 11.4. The Morgan fingerprint density at radius 3 is 2.69 bits per heavy atom. The van der Waals surface area contributed by atoms with Crippen molar-refractivity contribution in [1.29, 1.82) is 0 Å². The highest BCUT2D eigenvalue weighted by Gasteiger charge is 2.40. The minimum Gasteiger partial charge on any atom is -0.461 e. The van der Waals surface area contributed by atoms with Crippen molar-refractivity contribution in [2.45, 2.75) is 25.4 Å². The lowest BCUT2D eigenvalue weighted by Gasteiger charge is -2.34. The lowest BCUT2D eigenvalue weighted by Crippen LogP contribution is -2.45. The Morgan fingerprint density at radius 1 is 1.31 bits per heavy atom. The quantitative estimate of drug-likeness (QED) is 0.567. The number of rotatable bonds is 4. The van der Waals surface area contributed by atoms with Gasteiger partial charge in [-0.05, 0) is 18.4 Å². The molecular weight excluding hydrogens is 200 g/mol. The number of ether oxygens (including phenoxy) is 1. The topological polar surface area (TPSA) is 26.3 Å². The summed E-state index contributed by atoms with van der Waals surface area (Å²) in [6, 6.07) is 10.2. The molecule has 2 nitrogen and oxygen atoms in total. The van der Waals surface area contributed by atoms with Crippen LogP contribution in [0.5, 0.6) is 0 Å². The van der Waals surface area contributed by atoms with Gasteiger partial charge in [0, 0.05) is 6.42 Å². The van der Waals surface area contributed by atoms with Crippen LogP contribution in [0.2, 0.25) is 0 Å². The van der Waals surface area contributed by atoms with Gasteiger partial charge in [0.05, 0.1) is 0 Å². The summed E-state index contributed by atoms with van der Waals surface area (Å²) < 4.78 is 5.09. The molecule has 1 aliphatic rings. The fraction of sp³-hybridized carbons (Fsp3) is 0.357. The smallest absolute Gasteiger partial charge is 0.313 e. The van der Waals surface area contributed by atoms with Crippen LogP contribution in [0.3, 0.4) is 0 Å². The van der Waals surface area contributed by atoms with Crippen LogP contribution in [-0.2, 0) is 16.0 Å². The van der Waals surface area contributed by atoms with Crippen LogP contribution < -0.4 is 0 Å². The predicted octanol–water partition coefficient (Wildman–Crippen LogP) is 2.18. The molecular formula is C14H14O2.